The second-order valence-electron chi connectivity index (χ2n) is 5.82. The second-order valence-corrected chi connectivity index (χ2v) is 7.17. The van der Waals surface area contributed by atoms with E-state index < -0.39 is 0 Å². The Bertz CT molecular complexity index is 458. The van der Waals surface area contributed by atoms with Gasteiger partial charge in [-0.25, -0.2) is 0 Å². The van der Waals surface area contributed by atoms with Crippen molar-refractivity contribution in [1.82, 2.24) is 10.3 Å². The maximum absolute atomic E-state index is 5.54. The highest BCUT2D eigenvalue weighted by molar-refractivity contribution is 8.00. The van der Waals surface area contributed by atoms with Crippen LogP contribution in [0.4, 0.5) is 0 Å². The summed E-state index contributed by atoms with van der Waals surface area (Å²) in [4.78, 5) is 4.67. The lowest BCUT2D eigenvalue weighted by atomic mass is 9.99. The van der Waals surface area contributed by atoms with Gasteiger partial charge in [0.1, 0.15) is 5.75 Å². The van der Waals surface area contributed by atoms with Crippen molar-refractivity contribution in [3.63, 3.8) is 0 Å². The SMILES string of the molecule is CCNC(Cc1ncc(C)c(OC)c1C)C1CCCCS1. The number of likely N-dealkylation sites (N-methyl/N-ethyl adjacent to an activating group) is 1. The number of nitrogens with zero attached hydrogens (tertiary/aromatic N) is 1. The molecule has 4 heteroatoms. The molecule has 1 fully saturated rings. The van der Waals surface area contributed by atoms with Crippen molar-refractivity contribution in [2.75, 3.05) is 19.4 Å². The van der Waals surface area contributed by atoms with E-state index in [-0.39, 0.29) is 0 Å². The molecule has 3 nitrogen and oxygen atoms in total. The average molecular weight is 308 g/mol. The van der Waals surface area contributed by atoms with Crippen LogP contribution < -0.4 is 10.1 Å². The smallest absolute Gasteiger partial charge is 0.128 e. The topological polar surface area (TPSA) is 34.2 Å². The van der Waals surface area contributed by atoms with E-state index >= 15 is 0 Å². The Hall–Kier alpha value is -0.740. The van der Waals surface area contributed by atoms with Crippen LogP contribution in [0.15, 0.2) is 6.20 Å². The van der Waals surface area contributed by atoms with E-state index in [9.17, 15) is 0 Å². The number of ether oxygens (including phenoxy) is 1. The normalized spacial score (nSPS) is 20.3. The standard InChI is InChI=1S/C17H28N2OS/c1-5-18-15(16-8-6-7-9-21-16)10-14-13(3)17(20-4)12(2)11-19-14/h11,15-16,18H,5-10H2,1-4H3. The number of hydrogen-bond acceptors (Lipinski definition) is 4. The summed E-state index contributed by atoms with van der Waals surface area (Å²) in [6.45, 7) is 7.40. The Kier molecular flexibility index (Phi) is 6.37. The minimum absolute atomic E-state index is 0.513. The van der Waals surface area contributed by atoms with E-state index in [1.54, 1.807) is 7.11 Å². The highest BCUT2D eigenvalue weighted by Crippen LogP contribution is 2.30. The van der Waals surface area contributed by atoms with Crippen molar-refractivity contribution >= 4 is 11.8 Å². The zero-order valence-corrected chi connectivity index (χ0v) is 14.6. The molecular weight excluding hydrogens is 280 g/mol. The Labute approximate surface area is 133 Å². The zero-order valence-electron chi connectivity index (χ0n) is 13.7. The predicted octanol–water partition coefficient (Wildman–Crippen LogP) is 3.51. The Morgan fingerprint density at radius 1 is 1.43 bits per heavy atom. The van der Waals surface area contributed by atoms with Crippen LogP contribution in [0.3, 0.4) is 0 Å². The van der Waals surface area contributed by atoms with Gasteiger partial charge in [0.2, 0.25) is 0 Å². The molecule has 0 aromatic carbocycles. The summed E-state index contributed by atoms with van der Waals surface area (Å²) >= 11 is 2.13. The molecule has 0 spiro atoms. The molecule has 1 aliphatic rings. The summed E-state index contributed by atoms with van der Waals surface area (Å²) in [7, 11) is 1.75. The summed E-state index contributed by atoms with van der Waals surface area (Å²) in [5.74, 6) is 2.29. The van der Waals surface area contributed by atoms with Gasteiger partial charge in [-0.2, -0.15) is 11.8 Å². The van der Waals surface area contributed by atoms with Gasteiger partial charge in [0.15, 0.2) is 0 Å². The van der Waals surface area contributed by atoms with Gasteiger partial charge in [0.05, 0.1) is 7.11 Å². The van der Waals surface area contributed by atoms with Crippen LogP contribution in [0.25, 0.3) is 0 Å². The Morgan fingerprint density at radius 3 is 2.86 bits per heavy atom. The first-order valence-corrected chi connectivity index (χ1v) is 9.06. The molecular formula is C17H28N2OS. The summed E-state index contributed by atoms with van der Waals surface area (Å²) in [6, 6.07) is 0.513. The molecule has 1 aromatic heterocycles. The maximum Gasteiger partial charge on any atom is 0.128 e. The lowest BCUT2D eigenvalue weighted by Gasteiger charge is -2.30. The molecule has 118 valence electrons. The summed E-state index contributed by atoms with van der Waals surface area (Å²) in [5.41, 5.74) is 3.49. The quantitative estimate of drug-likeness (QED) is 0.872. The first-order chi connectivity index (χ1) is 10.2. The molecule has 2 heterocycles. The monoisotopic (exact) mass is 308 g/mol. The largest absolute Gasteiger partial charge is 0.496 e. The molecule has 1 aliphatic heterocycles. The third-order valence-electron chi connectivity index (χ3n) is 4.29. The van der Waals surface area contributed by atoms with Crippen molar-refractivity contribution in [3.05, 3.63) is 23.0 Å². The first kappa shape index (κ1) is 16.6. The van der Waals surface area contributed by atoms with Crippen LogP contribution in [0.1, 0.15) is 43.0 Å². The van der Waals surface area contributed by atoms with E-state index in [0.717, 1.165) is 24.3 Å². The van der Waals surface area contributed by atoms with Crippen molar-refractivity contribution in [2.24, 2.45) is 0 Å². The number of aromatic nitrogens is 1. The molecule has 0 aliphatic carbocycles. The van der Waals surface area contributed by atoms with E-state index in [1.807, 2.05) is 6.20 Å². The van der Waals surface area contributed by atoms with Crippen LogP contribution in [-0.4, -0.2) is 35.7 Å². The molecule has 0 radical (unpaired) electrons. The van der Waals surface area contributed by atoms with Gasteiger partial charge in [-0.05, 0) is 39.0 Å². The lowest BCUT2D eigenvalue weighted by molar-refractivity contribution is 0.405. The summed E-state index contributed by atoms with van der Waals surface area (Å²) in [6.07, 6.45) is 7.00. The average Bonchev–Trinajstić information content (AvgIpc) is 2.51. The third-order valence-corrected chi connectivity index (χ3v) is 5.81. The van der Waals surface area contributed by atoms with E-state index in [0.29, 0.717) is 11.3 Å². The maximum atomic E-state index is 5.54. The zero-order chi connectivity index (χ0) is 15.2. The molecule has 2 rings (SSSR count). The van der Waals surface area contributed by atoms with Gasteiger partial charge in [-0.1, -0.05) is 13.3 Å². The van der Waals surface area contributed by atoms with Crippen molar-refractivity contribution < 1.29 is 4.74 Å². The predicted molar refractivity (Wildman–Crippen MR) is 91.5 cm³/mol. The third kappa shape index (κ3) is 4.13. The Morgan fingerprint density at radius 2 is 2.24 bits per heavy atom. The fourth-order valence-electron chi connectivity index (χ4n) is 3.17. The number of pyridine rings is 1. The van der Waals surface area contributed by atoms with Crippen LogP contribution in [0.2, 0.25) is 0 Å². The fourth-order valence-corrected chi connectivity index (χ4v) is 4.60. The minimum atomic E-state index is 0.513. The molecule has 0 saturated carbocycles. The van der Waals surface area contributed by atoms with Gasteiger partial charge < -0.3 is 10.1 Å². The number of hydrogen-bond donors (Lipinski definition) is 1. The fraction of sp³-hybridized carbons (Fsp3) is 0.706. The summed E-state index contributed by atoms with van der Waals surface area (Å²) in [5, 5.41) is 4.39. The van der Waals surface area contributed by atoms with Crippen LogP contribution >= 0.6 is 11.8 Å². The van der Waals surface area contributed by atoms with Gasteiger partial charge in [-0.3, -0.25) is 4.98 Å². The van der Waals surface area contributed by atoms with Gasteiger partial charge in [0, 0.05) is 40.7 Å². The molecule has 1 saturated heterocycles. The Balaban J connectivity index is 2.16. The van der Waals surface area contributed by atoms with Crippen LogP contribution in [-0.2, 0) is 6.42 Å². The van der Waals surface area contributed by atoms with Crippen molar-refractivity contribution in [2.45, 2.75) is 57.7 Å². The summed E-state index contributed by atoms with van der Waals surface area (Å²) < 4.78 is 5.54. The lowest BCUT2D eigenvalue weighted by Crippen LogP contribution is -2.41. The highest BCUT2D eigenvalue weighted by atomic mass is 32.2. The van der Waals surface area contributed by atoms with Crippen molar-refractivity contribution in [1.29, 1.82) is 0 Å². The molecule has 1 N–H and O–H groups in total. The van der Waals surface area contributed by atoms with Gasteiger partial charge in [0.25, 0.3) is 0 Å². The molecule has 2 atom stereocenters. The van der Waals surface area contributed by atoms with E-state index in [1.165, 1.54) is 36.3 Å². The second kappa shape index (κ2) is 8.04. The van der Waals surface area contributed by atoms with Crippen LogP contribution in [0, 0.1) is 13.8 Å². The minimum Gasteiger partial charge on any atom is -0.496 e. The number of nitrogens with one attached hydrogen (secondary N) is 1. The first-order valence-electron chi connectivity index (χ1n) is 8.01. The number of aryl methyl sites for hydroxylation is 1. The van der Waals surface area contributed by atoms with E-state index in [2.05, 4.69) is 42.8 Å². The number of methoxy groups -OCH3 is 1. The number of rotatable bonds is 6. The molecule has 21 heavy (non-hydrogen) atoms. The van der Waals surface area contributed by atoms with Crippen molar-refractivity contribution in [3.8, 4) is 5.75 Å². The molecule has 2 unspecified atom stereocenters. The van der Waals surface area contributed by atoms with Gasteiger partial charge >= 0.3 is 0 Å². The highest BCUT2D eigenvalue weighted by Gasteiger charge is 2.25. The number of thioether (sulfide) groups is 1. The van der Waals surface area contributed by atoms with Crippen LogP contribution in [0.5, 0.6) is 5.75 Å². The van der Waals surface area contributed by atoms with E-state index in [4.69, 9.17) is 4.74 Å². The molecule has 1 aromatic rings. The van der Waals surface area contributed by atoms with Gasteiger partial charge in [-0.15, -0.1) is 0 Å². The molecule has 0 amide bonds. The molecule has 0 bridgehead atoms.